The Morgan fingerprint density at radius 2 is 2.15 bits per heavy atom. The second-order valence-corrected chi connectivity index (χ2v) is 7.18. The van der Waals surface area contributed by atoms with Crippen LogP contribution >= 0.6 is 0 Å². The molecule has 1 atom stereocenters. The molecular formula is C18H27N7O2. The summed E-state index contributed by atoms with van der Waals surface area (Å²) in [5.41, 5.74) is 1.50. The van der Waals surface area contributed by atoms with Gasteiger partial charge in [-0.05, 0) is 25.8 Å². The molecule has 0 aromatic carbocycles. The number of amides is 1. The minimum absolute atomic E-state index is 0.00456. The van der Waals surface area contributed by atoms with Gasteiger partial charge < -0.3 is 19.9 Å². The van der Waals surface area contributed by atoms with E-state index >= 15 is 0 Å². The molecule has 2 aromatic heterocycles. The highest BCUT2D eigenvalue weighted by molar-refractivity contribution is 5.84. The molecule has 0 bridgehead atoms. The Hall–Kier alpha value is -2.26. The Labute approximate surface area is 158 Å². The number of aromatic nitrogens is 4. The molecule has 0 spiro atoms. The summed E-state index contributed by atoms with van der Waals surface area (Å²) >= 11 is 0. The predicted molar refractivity (Wildman–Crippen MR) is 102 cm³/mol. The van der Waals surface area contributed by atoms with Gasteiger partial charge >= 0.3 is 0 Å². The Balaban J connectivity index is 1.27. The molecule has 27 heavy (non-hydrogen) atoms. The zero-order valence-corrected chi connectivity index (χ0v) is 15.6. The minimum Gasteiger partial charge on any atom is -0.379 e. The highest BCUT2D eigenvalue weighted by atomic mass is 16.5. The van der Waals surface area contributed by atoms with E-state index < -0.39 is 0 Å². The lowest BCUT2D eigenvalue weighted by molar-refractivity contribution is -0.125. The summed E-state index contributed by atoms with van der Waals surface area (Å²) in [6, 6.07) is 0. The van der Waals surface area contributed by atoms with Crippen LogP contribution in [0.5, 0.6) is 0 Å². The van der Waals surface area contributed by atoms with Crippen molar-refractivity contribution >= 4 is 22.9 Å². The number of nitrogens with one attached hydrogen (secondary N) is 2. The Morgan fingerprint density at radius 3 is 3.04 bits per heavy atom. The van der Waals surface area contributed by atoms with E-state index in [2.05, 4.69) is 35.1 Å². The fourth-order valence-electron chi connectivity index (χ4n) is 3.86. The average molecular weight is 373 g/mol. The van der Waals surface area contributed by atoms with E-state index in [0.717, 1.165) is 76.5 Å². The second kappa shape index (κ2) is 8.62. The van der Waals surface area contributed by atoms with E-state index in [9.17, 15) is 4.79 Å². The van der Waals surface area contributed by atoms with Crippen molar-refractivity contribution in [3.63, 3.8) is 0 Å². The van der Waals surface area contributed by atoms with Gasteiger partial charge in [-0.3, -0.25) is 9.69 Å². The Kier molecular flexibility index (Phi) is 5.78. The number of hydrogen-bond donors (Lipinski definition) is 2. The largest absolute Gasteiger partial charge is 0.379 e. The van der Waals surface area contributed by atoms with Gasteiger partial charge in [-0.2, -0.15) is 0 Å². The molecule has 9 nitrogen and oxygen atoms in total. The van der Waals surface area contributed by atoms with Crippen LogP contribution in [-0.4, -0.2) is 83.2 Å². The number of rotatable bonds is 6. The smallest absolute Gasteiger partial charge is 0.224 e. The number of H-pyrrole nitrogens is 1. The van der Waals surface area contributed by atoms with E-state index in [1.165, 1.54) is 6.33 Å². The molecule has 2 fully saturated rings. The Bertz CT molecular complexity index is 759. The van der Waals surface area contributed by atoms with Crippen LogP contribution in [-0.2, 0) is 9.53 Å². The molecule has 0 aliphatic carbocycles. The molecule has 4 rings (SSSR count). The highest BCUT2D eigenvalue weighted by Crippen LogP contribution is 2.25. The van der Waals surface area contributed by atoms with Crippen molar-refractivity contribution in [1.29, 1.82) is 0 Å². The number of ether oxygens (including phenoxy) is 1. The van der Waals surface area contributed by atoms with E-state index in [1.807, 2.05) is 0 Å². The summed E-state index contributed by atoms with van der Waals surface area (Å²) in [6.07, 6.45) is 6.04. The fourth-order valence-corrected chi connectivity index (χ4v) is 3.86. The molecule has 0 saturated carbocycles. The molecular weight excluding hydrogens is 346 g/mol. The first kappa shape index (κ1) is 18.1. The third-order valence-corrected chi connectivity index (χ3v) is 5.35. The normalized spacial score (nSPS) is 21.5. The van der Waals surface area contributed by atoms with E-state index in [4.69, 9.17) is 4.74 Å². The number of nitrogens with zero attached hydrogens (tertiary/aromatic N) is 5. The van der Waals surface area contributed by atoms with Gasteiger partial charge in [-0.25, -0.2) is 15.0 Å². The standard InChI is InChI=1S/C18H27N7O2/c26-18(19-4-2-5-24-7-9-27-10-8-24)14-3-1-6-25(11-14)17-15-16(21-12-20-15)22-13-23-17/h12-14H,1-11H2,(H,19,26)(H,20,21,22,23)/t14-/m0/s1. The van der Waals surface area contributed by atoms with Gasteiger partial charge in [0.25, 0.3) is 0 Å². The summed E-state index contributed by atoms with van der Waals surface area (Å²) in [5, 5.41) is 3.12. The average Bonchev–Trinajstić information content (AvgIpc) is 3.21. The maximum atomic E-state index is 12.6. The number of imidazole rings is 1. The topological polar surface area (TPSA) is 99.3 Å². The molecule has 146 valence electrons. The van der Waals surface area contributed by atoms with Gasteiger partial charge in [0, 0.05) is 32.7 Å². The highest BCUT2D eigenvalue weighted by Gasteiger charge is 2.27. The van der Waals surface area contributed by atoms with Gasteiger partial charge in [0.05, 0.1) is 25.5 Å². The quantitative estimate of drug-likeness (QED) is 0.708. The number of anilines is 1. The molecule has 2 aromatic rings. The number of fused-ring (bicyclic) bond motifs is 1. The number of hydrogen-bond acceptors (Lipinski definition) is 7. The van der Waals surface area contributed by atoms with Crippen molar-refractivity contribution in [2.24, 2.45) is 5.92 Å². The Morgan fingerprint density at radius 1 is 1.26 bits per heavy atom. The molecule has 1 amide bonds. The molecule has 2 aliphatic rings. The molecule has 2 N–H and O–H groups in total. The maximum absolute atomic E-state index is 12.6. The second-order valence-electron chi connectivity index (χ2n) is 7.18. The molecule has 0 radical (unpaired) electrons. The van der Waals surface area contributed by atoms with E-state index in [1.54, 1.807) is 6.33 Å². The number of morpholine rings is 1. The lowest BCUT2D eigenvalue weighted by Crippen LogP contribution is -2.44. The van der Waals surface area contributed by atoms with Crippen LogP contribution in [0.25, 0.3) is 11.2 Å². The summed E-state index contributed by atoms with van der Waals surface area (Å²) in [5.74, 6) is 0.981. The third kappa shape index (κ3) is 4.36. The van der Waals surface area contributed by atoms with Crippen molar-refractivity contribution in [1.82, 2.24) is 30.2 Å². The number of aromatic amines is 1. The first-order chi connectivity index (χ1) is 13.3. The van der Waals surface area contributed by atoms with Crippen LogP contribution < -0.4 is 10.2 Å². The summed E-state index contributed by atoms with van der Waals surface area (Å²) in [4.78, 5) is 33.1. The number of carbonyl (C=O) groups excluding carboxylic acids is 1. The first-order valence-corrected chi connectivity index (χ1v) is 9.78. The zero-order chi connectivity index (χ0) is 18.5. The summed E-state index contributed by atoms with van der Waals surface area (Å²) in [6.45, 7) is 6.93. The first-order valence-electron chi connectivity index (χ1n) is 9.78. The van der Waals surface area contributed by atoms with Crippen LogP contribution in [0.4, 0.5) is 5.82 Å². The minimum atomic E-state index is -0.00456. The molecule has 9 heteroatoms. The van der Waals surface area contributed by atoms with Crippen molar-refractivity contribution in [2.45, 2.75) is 19.3 Å². The third-order valence-electron chi connectivity index (χ3n) is 5.35. The monoisotopic (exact) mass is 373 g/mol. The van der Waals surface area contributed by atoms with E-state index in [-0.39, 0.29) is 11.8 Å². The van der Waals surface area contributed by atoms with Crippen LogP contribution in [0.1, 0.15) is 19.3 Å². The molecule has 0 unspecified atom stereocenters. The lowest BCUT2D eigenvalue weighted by Gasteiger charge is -2.33. The summed E-state index contributed by atoms with van der Waals surface area (Å²) < 4.78 is 5.36. The number of carbonyl (C=O) groups is 1. The van der Waals surface area contributed by atoms with Crippen LogP contribution in [0.3, 0.4) is 0 Å². The van der Waals surface area contributed by atoms with Gasteiger partial charge in [0.1, 0.15) is 11.8 Å². The van der Waals surface area contributed by atoms with Crippen molar-refractivity contribution in [3.05, 3.63) is 12.7 Å². The van der Waals surface area contributed by atoms with Gasteiger partial charge in [0.15, 0.2) is 11.5 Å². The maximum Gasteiger partial charge on any atom is 0.224 e. The van der Waals surface area contributed by atoms with Crippen molar-refractivity contribution < 1.29 is 9.53 Å². The van der Waals surface area contributed by atoms with Crippen LogP contribution in [0, 0.1) is 5.92 Å². The van der Waals surface area contributed by atoms with Crippen LogP contribution in [0.15, 0.2) is 12.7 Å². The van der Waals surface area contributed by atoms with Gasteiger partial charge in [-0.1, -0.05) is 0 Å². The van der Waals surface area contributed by atoms with Gasteiger partial charge in [0.2, 0.25) is 5.91 Å². The molecule has 2 saturated heterocycles. The zero-order valence-electron chi connectivity index (χ0n) is 15.6. The molecule has 4 heterocycles. The van der Waals surface area contributed by atoms with E-state index in [0.29, 0.717) is 12.2 Å². The SMILES string of the molecule is O=C(NCCCN1CCOCC1)[C@H]1CCCN(c2ncnc3nc[nH]c23)C1. The summed E-state index contributed by atoms with van der Waals surface area (Å²) in [7, 11) is 0. The van der Waals surface area contributed by atoms with Crippen molar-refractivity contribution in [2.75, 3.05) is 57.4 Å². The fraction of sp³-hybridized carbons (Fsp3) is 0.667. The number of piperidine rings is 1. The molecule has 2 aliphatic heterocycles. The van der Waals surface area contributed by atoms with Gasteiger partial charge in [-0.15, -0.1) is 0 Å². The van der Waals surface area contributed by atoms with Crippen molar-refractivity contribution in [3.8, 4) is 0 Å². The lowest BCUT2D eigenvalue weighted by atomic mass is 9.97. The predicted octanol–water partition coefficient (Wildman–Crippen LogP) is 0.408. The van der Waals surface area contributed by atoms with Crippen LogP contribution in [0.2, 0.25) is 0 Å².